The van der Waals surface area contributed by atoms with E-state index in [-0.39, 0.29) is 0 Å². The summed E-state index contributed by atoms with van der Waals surface area (Å²) in [4.78, 5) is 3.78. The molecule has 0 fully saturated rings. The topological polar surface area (TPSA) is 12.4 Å². The monoisotopic (exact) mass is 111 g/mol. The lowest BCUT2D eigenvalue weighted by Crippen LogP contribution is -1.51. The third-order valence-corrected chi connectivity index (χ3v) is 0.538. The van der Waals surface area contributed by atoms with Crippen LogP contribution in [0.5, 0.6) is 0 Å². The molecule has 8 heavy (non-hydrogen) atoms. The van der Waals surface area contributed by atoms with Gasteiger partial charge in [0.15, 0.2) is 0 Å². The molecule has 1 aliphatic rings. The van der Waals surface area contributed by atoms with Gasteiger partial charge in [-0.2, -0.15) is 0 Å². The third-order valence-electron chi connectivity index (χ3n) is 0.538. The van der Waals surface area contributed by atoms with Gasteiger partial charge in [0.25, 0.3) is 0 Å². The summed E-state index contributed by atoms with van der Waals surface area (Å²) in [6, 6.07) is 0. The normalized spacial score (nSPS) is 13.2. The molecule has 46 valence electrons. The highest BCUT2D eigenvalue weighted by atomic mass is 14.7. The van der Waals surface area contributed by atoms with Crippen molar-refractivity contribution in [3.8, 4) is 0 Å². The van der Waals surface area contributed by atoms with Crippen LogP contribution in [0.25, 0.3) is 0 Å². The fourth-order valence-electron chi connectivity index (χ4n) is 0.304. The lowest BCUT2D eigenvalue weighted by atomic mass is 10.5. The quantitative estimate of drug-likeness (QED) is 0.455. The van der Waals surface area contributed by atoms with Gasteiger partial charge in [-0.25, -0.2) is 0 Å². The van der Waals surface area contributed by atoms with Gasteiger partial charge in [0.05, 0.1) is 0 Å². The molecule has 0 N–H and O–H groups in total. The van der Waals surface area contributed by atoms with Gasteiger partial charge in [-0.3, -0.25) is 4.99 Å². The molecule has 0 aromatic rings. The van der Waals surface area contributed by atoms with Crippen LogP contribution in [0.1, 0.15) is 26.7 Å². The average Bonchev–Trinajstić information content (AvgIpc) is 2.17. The Morgan fingerprint density at radius 3 is 2.25 bits per heavy atom. The van der Waals surface area contributed by atoms with E-state index < -0.39 is 0 Å². The Balaban J connectivity index is 0.000000145. The molecule has 1 heteroatoms. The zero-order valence-corrected chi connectivity index (χ0v) is 5.59. The van der Waals surface area contributed by atoms with Crippen molar-refractivity contribution < 1.29 is 0 Å². The largest absolute Gasteiger partial charge is 0.269 e. The van der Waals surface area contributed by atoms with Crippen LogP contribution in [0, 0.1) is 0 Å². The van der Waals surface area contributed by atoms with Crippen LogP contribution in [0.4, 0.5) is 0 Å². The molecule has 0 bridgehead atoms. The maximum absolute atomic E-state index is 3.78. The summed E-state index contributed by atoms with van der Waals surface area (Å²) in [5.41, 5.74) is 0. The number of hydrogen-bond donors (Lipinski definition) is 0. The molecule has 0 amide bonds. The zero-order valence-electron chi connectivity index (χ0n) is 5.59. The summed E-state index contributed by atoms with van der Waals surface area (Å²) >= 11 is 0. The van der Waals surface area contributed by atoms with Crippen molar-refractivity contribution in [2.24, 2.45) is 4.99 Å². The molecule has 1 rings (SSSR count). The van der Waals surface area contributed by atoms with Crippen molar-refractivity contribution in [1.29, 1.82) is 0 Å². The third kappa shape index (κ3) is 5.41. The molecular formula is C7H13N. The van der Waals surface area contributed by atoms with Crippen LogP contribution in [-0.4, -0.2) is 6.21 Å². The van der Waals surface area contributed by atoms with E-state index in [1.165, 1.54) is 6.42 Å². The number of hydrogen-bond acceptors (Lipinski definition) is 1. The van der Waals surface area contributed by atoms with E-state index in [0.717, 1.165) is 6.42 Å². The highest BCUT2D eigenvalue weighted by Crippen LogP contribution is 1.86. The molecule has 1 nitrogen and oxygen atoms in total. The maximum atomic E-state index is 3.78. The van der Waals surface area contributed by atoms with Crippen LogP contribution in [0.2, 0.25) is 0 Å². The number of allylic oxidation sites excluding steroid dienone is 1. The number of rotatable bonds is 0. The summed E-state index contributed by atoms with van der Waals surface area (Å²) in [7, 11) is 0. The highest BCUT2D eigenvalue weighted by Gasteiger charge is 1.73. The Morgan fingerprint density at radius 2 is 2.12 bits per heavy atom. The van der Waals surface area contributed by atoms with E-state index in [1.807, 2.05) is 12.3 Å². The lowest BCUT2D eigenvalue weighted by Gasteiger charge is -1.54. The van der Waals surface area contributed by atoms with E-state index in [0.29, 0.717) is 0 Å². The first-order valence-corrected chi connectivity index (χ1v) is 3.08. The van der Waals surface area contributed by atoms with E-state index in [1.54, 1.807) is 6.20 Å². The van der Waals surface area contributed by atoms with Gasteiger partial charge in [-0.1, -0.05) is 26.3 Å². The minimum atomic E-state index is 1.03. The molecular weight excluding hydrogens is 98.1 g/mol. The van der Waals surface area contributed by atoms with Gasteiger partial charge in [-0.05, 0) is 0 Å². The van der Waals surface area contributed by atoms with Crippen LogP contribution in [0.3, 0.4) is 0 Å². The summed E-state index contributed by atoms with van der Waals surface area (Å²) < 4.78 is 0. The first-order chi connectivity index (χ1) is 3.91. The standard InChI is InChI=1S/C4H5N.C3H8/c1-2-4-5-3-1;1-3-2/h1,3-4H,2H2;3H2,1-2H3. The Kier molecular flexibility index (Phi) is 5.94. The van der Waals surface area contributed by atoms with E-state index in [4.69, 9.17) is 0 Å². The van der Waals surface area contributed by atoms with Crippen LogP contribution in [0.15, 0.2) is 17.3 Å². The Bertz CT molecular complexity index is 72.4. The molecule has 1 heterocycles. The molecule has 0 saturated heterocycles. The number of aliphatic imine (C=N–C) groups is 1. The fourth-order valence-corrected chi connectivity index (χ4v) is 0.304. The highest BCUT2D eigenvalue weighted by molar-refractivity contribution is 5.62. The molecule has 0 unspecified atom stereocenters. The molecule has 0 saturated carbocycles. The Morgan fingerprint density at radius 1 is 1.50 bits per heavy atom. The summed E-state index contributed by atoms with van der Waals surface area (Å²) in [6.07, 6.45) is 7.97. The fraction of sp³-hybridized carbons (Fsp3) is 0.571. The minimum Gasteiger partial charge on any atom is -0.269 e. The lowest BCUT2D eigenvalue weighted by molar-refractivity contribution is 1.09. The van der Waals surface area contributed by atoms with Gasteiger partial charge < -0.3 is 0 Å². The summed E-state index contributed by atoms with van der Waals surface area (Å²) in [6.45, 7) is 4.25. The Labute approximate surface area is 51.1 Å². The maximum Gasteiger partial charge on any atom is 0.0227 e. The average molecular weight is 111 g/mol. The van der Waals surface area contributed by atoms with Crippen molar-refractivity contribution in [3.05, 3.63) is 12.3 Å². The van der Waals surface area contributed by atoms with E-state index in [2.05, 4.69) is 18.8 Å². The van der Waals surface area contributed by atoms with Gasteiger partial charge in [-0.15, -0.1) is 0 Å². The smallest absolute Gasteiger partial charge is 0.0227 e. The van der Waals surface area contributed by atoms with Crippen molar-refractivity contribution in [1.82, 2.24) is 0 Å². The predicted molar refractivity (Wildman–Crippen MR) is 38.2 cm³/mol. The zero-order chi connectivity index (χ0) is 6.24. The molecule has 0 radical (unpaired) electrons. The van der Waals surface area contributed by atoms with Gasteiger partial charge >= 0.3 is 0 Å². The molecule has 0 atom stereocenters. The van der Waals surface area contributed by atoms with Crippen molar-refractivity contribution in [2.75, 3.05) is 0 Å². The van der Waals surface area contributed by atoms with Crippen molar-refractivity contribution in [2.45, 2.75) is 26.7 Å². The van der Waals surface area contributed by atoms with E-state index >= 15 is 0 Å². The predicted octanol–water partition coefficient (Wildman–Crippen LogP) is 2.39. The number of nitrogens with zero attached hydrogens (tertiary/aromatic N) is 1. The summed E-state index contributed by atoms with van der Waals surface area (Å²) in [5.74, 6) is 0. The van der Waals surface area contributed by atoms with Gasteiger partial charge in [0.2, 0.25) is 0 Å². The van der Waals surface area contributed by atoms with Crippen molar-refractivity contribution >= 4 is 6.21 Å². The van der Waals surface area contributed by atoms with Crippen LogP contribution < -0.4 is 0 Å². The first kappa shape index (κ1) is 7.41. The molecule has 1 aliphatic heterocycles. The van der Waals surface area contributed by atoms with Crippen LogP contribution in [-0.2, 0) is 0 Å². The Hall–Kier alpha value is -0.590. The van der Waals surface area contributed by atoms with Gasteiger partial charge in [0, 0.05) is 18.8 Å². The molecule has 0 spiro atoms. The summed E-state index contributed by atoms with van der Waals surface area (Å²) in [5, 5.41) is 0. The van der Waals surface area contributed by atoms with Crippen LogP contribution >= 0.6 is 0 Å². The minimum absolute atomic E-state index is 1.03. The van der Waals surface area contributed by atoms with E-state index in [9.17, 15) is 0 Å². The SMILES string of the molecule is C1=CN=CC1.CCC. The second-order valence-corrected chi connectivity index (χ2v) is 1.66. The molecule has 0 aromatic carbocycles. The van der Waals surface area contributed by atoms with Crippen molar-refractivity contribution in [3.63, 3.8) is 0 Å². The first-order valence-electron chi connectivity index (χ1n) is 3.08. The molecule has 0 aliphatic carbocycles. The molecule has 0 aromatic heterocycles. The second-order valence-electron chi connectivity index (χ2n) is 1.66. The second kappa shape index (κ2) is 6.41. The van der Waals surface area contributed by atoms with Gasteiger partial charge in [0.1, 0.15) is 0 Å².